The van der Waals surface area contributed by atoms with Crippen LogP contribution >= 0.6 is 0 Å². The van der Waals surface area contributed by atoms with E-state index in [1.54, 1.807) is 11.9 Å². The fraction of sp³-hybridized carbons (Fsp3) is 0.286. The topological polar surface area (TPSA) is 57.6 Å². The van der Waals surface area contributed by atoms with E-state index in [9.17, 15) is 9.59 Å². The standard InChI is InChI=1S/C14H17NO3/c1-3-4-5-10-15(2)13(16)11-6-8-12(9-7-11)14(17)18/h3,6-9H,1,4-5,10H2,2H3,(H,17,18). The number of carboxylic acid groups (broad SMARTS) is 1. The zero-order valence-electron chi connectivity index (χ0n) is 10.4. The number of carboxylic acids is 1. The van der Waals surface area contributed by atoms with E-state index in [0.717, 1.165) is 12.8 Å². The molecule has 4 nitrogen and oxygen atoms in total. The lowest BCUT2D eigenvalue weighted by Gasteiger charge is -2.16. The molecular formula is C14H17NO3. The van der Waals surface area contributed by atoms with Gasteiger partial charge in [-0.05, 0) is 37.1 Å². The first-order valence-electron chi connectivity index (χ1n) is 5.76. The molecule has 1 N–H and O–H groups in total. The van der Waals surface area contributed by atoms with Gasteiger partial charge in [0.1, 0.15) is 0 Å². The third kappa shape index (κ3) is 3.73. The number of amides is 1. The van der Waals surface area contributed by atoms with Crippen molar-refractivity contribution in [3.8, 4) is 0 Å². The summed E-state index contributed by atoms with van der Waals surface area (Å²) >= 11 is 0. The van der Waals surface area contributed by atoms with Gasteiger partial charge in [-0.25, -0.2) is 4.79 Å². The normalized spacial score (nSPS) is 9.83. The van der Waals surface area contributed by atoms with Crippen molar-refractivity contribution in [3.05, 3.63) is 48.0 Å². The number of hydrogen-bond donors (Lipinski definition) is 1. The molecule has 0 atom stereocenters. The number of carbonyl (C=O) groups is 2. The Balaban J connectivity index is 2.65. The minimum atomic E-state index is -0.992. The van der Waals surface area contributed by atoms with E-state index in [1.165, 1.54) is 24.3 Å². The zero-order valence-corrected chi connectivity index (χ0v) is 10.4. The lowest BCUT2D eigenvalue weighted by Crippen LogP contribution is -2.27. The summed E-state index contributed by atoms with van der Waals surface area (Å²) in [4.78, 5) is 24.3. The predicted octanol–water partition coefficient (Wildman–Crippen LogP) is 2.42. The molecule has 96 valence electrons. The summed E-state index contributed by atoms with van der Waals surface area (Å²) in [5, 5.41) is 8.76. The highest BCUT2D eigenvalue weighted by atomic mass is 16.4. The number of nitrogens with zero attached hydrogens (tertiary/aromatic N) is 1. The largest absolute Gasteiger partial charge is 0.478 e. The van der Waals surface area contributed by atoms with Crippen molar-refractivity contribution in [1.82, 2.24) is 4.90 Å². The van der Waals surface area contributed by atoms with E-state index in [0.29, 0.717) is 12.1 Å². The molecule has 0 bridgehead atoms. The Morgan fingerprint density at radius 2 is 1.83 bits per heavy atom. The van der Waals surface area contributed by atoms with Crippen LogP contribution in [0.3, 0.4) is 0 Å². The van der Waals surface area contributed by atoms with Crippen molar-refractivity contribution in [2.45, 2.75) is 12.8 Å². The molecule has 1 aromatic carbocycles. The van der Waals surface area contributed by atoms with Gasteiger partial charge >= 0.3 is 5.97 Å². The van der Waals surface area contributed by atoms with Crippen LogP contribution in [0.5, 0.6) is 0 Å². The molecule has 1 amide bonds. The molecule has 0 aliphatic rings. The van der Waals surface area contributed by atoms with Gasteiger partial charge in [0.2, 0.25) is 0 Å². The van der Waals surface area contributed by atoms with Gasteiger partial charge in [-0.15, -0.1) is 6.58 Å². The lowest BCUT2D eigenvalue weighted by atomic mass is 10.1. The van der Waals surface area contributed by atoms with Crippen molar-refractivity contribution in [2.75, 3.05) is 13.6 Å². The lowest BCUT2D eigenvalue weighted by molar-refractivity contribution is 0.0695. The summed E-state index contributed by atoms with van der Waals surface area (Å²) in [6, 6.07) is 5.95. The molecule has 0 unspecified atom stereocenters. The van der Waals surface area contributed by atoms with Gasteiger partial charge in [-0.2, -0.15) is 0 Å². The van der Waals surface area contributed by atoms with E-state index in [4.69, 9.17) is 5.11 Å². The molecule has 0 aliphatic carbocycles. The first-order chi connectivity index (χ1) is 8.56. The summed E-state index contributed by atoms with van der Waals surface area (Å²) in [6.07, 6.45) is 3.56. The second-order valence-electron chi connectivity index (χ2n) is 4.04. The van der Waals surface area contributed by atoms with Crippen LogP contribution in [0.4, 0.5) is 0 Å². The number of rotatable bonds is 6. The Kier molecular flexibility index (Phi) is 5.11. The van der Waals surface area contributed by atoms with Crippen LogP contribution < -0.4 is 0 Å². The summed E-state index contributed by atoms with van der Waals surface area (Å²) in [6.45, 7) is 4.29. The van der Waals surface area contributed by atoms with Crippen LogP contribution in [0.2, 0.25) is 0 Å². The van der Waals surface area contributed by atoms with Gasteiger partial charge < -0.3 is 10.0 Å². The van der Waals surface area contributed by atoms with Gasteiger partial charge in [0.25, 0.3) is 5.91 Å². The molecule has 0 saturated heterocycles. The van der Waals surface area contributed by atoms with E-state index >= 15 is 0 Å². The van der Waals surface area contributed by atoms with Crippen LogP contribution in [0.15, 0.2) is 36.9 Å². The van der Waals surface area contributed by atoms with Gasteiger partial charge in [-0.1, -0.05) is 6.08 Å². The molecule has 0 radical (unpaired) electrons. The monoisotopic (exact) mass is 247 g/mol. The van der Waals surface area contributed by atoms with E-state index in [-0.39, 0.29) is 11.5 Å². The van der Waals surface area contributed by atoms with Crippen molar-refractivity contribution in [2.24, 2.45) is 0 Å². The number of benzene rings is 1. The molecule has 0 saturated carbocycles. The van der Waals surface area contributed by atoms with Crippen LogP contribution in [-0.4, -0.2) is 35.5 Å². The number of unbranched alkanes of at least 4 members (excludes halogenated alkanes) is 1. The quantitative estimate of drug-likeness (QED) is 0.620. The third-order valence-corrected chi connectivity index (χ3v) is 2.63. The van der Waals surface area contributed by atoms with Gasteiger partial charge in [0.05, 0.1) is 5.56 Å². The summed E-state index contributed by atoms with van der Waals surface area (Å²) in [7, 11) is 1.73. The highest BCUT2D eigenvalue weighted by Gasteiger charge is 2.11. The Hall–Kier alpha value is -2.10. The highest BCUT2D eigenvalue weighted by Crippen LogP contribution is 2.08. The minimum absolute atomic E-state index is 0.101. The number of allylic oxidation sites excluding steroid dienone is 1. The second kappa shape index (κ2) is 6.59. The Morgan fingerprint density at radius 1 is 1.28 bits per heavy atom. The van der Waals surface area contributed by atoms with Gasteiger partial charge in [0, 0.05) is 19.2 Å². The Morgan fingerprint density at radius 3 is 2.33 bits per heavy atom. The summed E-state index contributed by atoms with van der Waals surface area (Å²) in [5.41, 5.74) is 0.682. The maximum atomic E-state index is 12.0. The second-order valence-corrected chi connectivity index (χ2v) is 4.04. The molecular weight excluding hydrogens is 230 g/mol. The molecule has 18 heavy (non-hydrogen) atoms. The SMILES string of the molecule is C=CCCCN(C)C(=O)c1ccc(C(=O)O)cc1. The van der Waals surface area contributed by atoms with Crippen LogP contribution in [0, 0.1) is 0 Å². The first kappa shape index (κ1) is 14.0. The van der Waals surface area contributed by atoms with E-state index in [2.05, 4.69) is 6.58 Å². The van der Waals surface area contributed by atoms with Crippen molar-refractivity contribution < 1.29 is 14.7 Å². The third-order valence-electron chi connectivity index (χ3n) is 2.63. The van der Waals surface area contributed by atoms with Gasteiger partial charge in [0.15, 0.2) is 0 Å². The maximum Gasteiger partial charge on any atom is 0.335 e. The van der Waals surface area contributed by atoms with Crippen molar-refractivity contribution in [3.63, 3.8) is 0 Å². The zero-order chi connectivity index (χ0) is 13.5. The van der Waals surface area contributed by atoms with Gasteiger partial charge in [-0.3, -0.25) is 4.79 Å². The summed E-state index contributed by atoms with van der Waals surface area (Å²) in [5.74, 6) is -1.09. The molecule has 0 aromatic heterocycles. The molecule has 0 aliphatic heterocycles. The molecule has 1 rings (SSSR count). The number of hydrogen-bond acceptors (Lipinski definition) is 2. The molecule has 4 heteroatoms. The summed E-state index contributed by atoms with van der Waals surface area (Å²) < 4.78 is 0. The fourth-order valence-corrected chi connectivity index (χ4v) is 1.55. The van der Waals surface area contributed by atoms with Crippen LogP contribution in [-0.2, 0) is 0 Å². The van der Waals surface area contributed by atoms with Crippen molar-refractivity contribution in [1.29, 1.82) is 0 Å². The Labute approximate surface area is 107 Å². The maximum absolute atomic E-state index is 12.0. The van der Waals surface area contributed by atoms with Crippen LogP contribution in [0.25, 0.3) is 0 Å². The number of aromatic carboxylic acids is 1. The van der Waals surface area contributed by atoms with Crippen molar-refractivity contribution >= 4 is 11.9 Å². The average molecular weight is 247 g/mol. The van der Waals surface area contributed by atoms with E-state index < -0.39 is 5.97 Å². The molecule has 0 heterocycles. The van der Waals surface area contributed by atoms with Crippen LogP contribution in [0.1, 0.15) is 33.6 Å². The smallest absolute Gasteiger partial charge is 0.335 e. The first-order valence-corrected chi connectivity index (χ1v) is 5.76. The molecule has 0 fully saturated rings. The molecule has 1 aromatic rings. The highest BCUT2D eigenvalue weighted by molar-refractivity contribution is 5.95. The fourth-order valence-electron chi connectivity index (χ4n) is 1.55. The average Bonchev–Trinajstić information content (AvgIpc) is 2.38. The Bertz CT molecular complexity index is 437. The minimum Gasteiger partial charge on any atom is -0.478 e. The predicted molar refractivity (Wildman–Crippen MR) is 69.8 cm³/mol. The number of carbonyl (C=O) groups excluding carboxylic acids is 1. The molecule has 0 spiro atoms. The van der Waals surface area contributed by atoms with E-state index in [1.807, 2.05) is 6.08 Å².